The number of carbonyl (C=O) groups is 1. The molecule has 0 bridgehead atoms. The minimum absolute atomic E-state index is 0.145. The summed E-state index contributed by atoms with van der Waals surface area (Å²) in [6.07, 6.45) is 4.44. The van der Waals surface area contributed by atoms with Gasteiger partial charge in [0.25, 0.3) is 0 Å². The molecule has 2 aromatic rings. The van der Waals surface area contributed by atoms with Crippen molar-refractivity contribution in [3.05, 3.63) is 48.5 Å². The van der Waals surface area contributed by atoms with Crippen molar-refractivity contribution in [2.24, 2.45) is 0 Å². The van der Waals surface area contributed by atoms with Crippen LogP contribution in [0.5, 0.6) is 11.5 Å². The molecule has 0 aromatic heterocycles. The number of carbonyl (C=O) groups excluding carboxylic acids is 1. The maximum atomic E-state index is 12.6. The monoisotopic (exact) mass is 418 g/mol. The van der Waals surface area contributed by atoms with Crippen molar-refractivity contribution in [3.8, 4) is 11.5 Å². The Morgan fingerprint density at radius 3 is 2.45 bits per heavy atom. The van der Waals surface area contributed by atoms with E-state index >= 15 is 0 Å². The van der Waals surface area contributed by atoms with E-state index < -0.39 is 15.9 Å². The summed E-state index contributed by atoms with van der Waals surface area (Å²) in [5, 5.41) is 2.73. The van der Waals surface area contributed by atoms with Gasteiger partial charge in [0, 0.05) is 18.8 Å². The molecule has 0 radical (unpaired) electrons. The number of rotatable bonds is 8. The van der Waals surface area contributed by atoms with Crippen LogP contribution in [0, 0.1) is 0 Å². The summed E-state index contributed by atoms with van der Waals surface area (Å²) in [5.41, 5.74) is 0.523. The molecule has 1 N–H and O–H groups in total. The fraction of sp³-hybridized carbons (Fsp3) is 0.381. The SMILES string of the molecule is COc1ccc(NC(=O)CN(C)S(=O)(=O)c2ccccc2)cc1OC1CCCC1. The largest absolute Gasteiger partial charge is 0.493 e. The standard InChI is InChI=1S/C21H26N2O5S/c1-23(29(25,26)18-10-4-3-5-11-18)15-21(24)22-16-12-13-19(27-2)20(14-16)28-17-8-6-7-9-17/h3-5,10-14,17H,6-9,15H2,1-2H3,(H,22,24). The first-order valence-corrected chi connectivity index (χ1v) is 11.0. The van der Waals surface area contributed by atoms with Gasteiger partial charge in [-0.3, -0.25) is 4.79 Å². The number of hydrogen-bond donors (Lipinski definition) is 1. The molecule has 1 amide bonds. The second-order valence-electron chi connectivity index (χ2n) is 7.01. The van der Waals surface area contributed by atoms with Crippen LogP contribution in [0.4, 0.5) is 5.69 Å². The molecule has 7 nitrogen and oxygen atoms in total. The molecule has 0 unspecified atom stereocenters. The molecule has 0 aliphatic heterocycles. The van der Waals surface area contributed by atoms with Crippen molar-refractivity contribution < 1.29 is 22.7 Å². The van der Waals surface area contributed by atoms with Crippen molar-refractivity contribution in [1.29, 1.82) is 0 Å². The maximum absolute atomic E-state index is 12.6. The van der Waals surface area contributed by atoms with E-state index in [0.29, 0.717) is 17.2 Å². The molecule has 1 aliphatic rings. The Bertz CT molecular complexity index is 941. The van der Waals surface area contributed by atoms with Crippen molar-refractivity contribution in [2.45, 2.75) is 36.7 Å². The van der Waals surface area contributed by atoms with Crippen LogP contribution in [-0.2, 0) is 14.8 Å². The Labute approximate surface area is 171 Å². The van der Waals surface area contributed by atoms with Crippen LogP contribution < -0.4 is 14.8 Å². The summed E-state index contributed by atoms with van der Waals surface area (Å²) >= 11 is 0. The van der Waals surface area contributed by atoms with Crippen LogP contribution in [-0.4, -0.2) is 45.4 Å². The number of ether oxygens (including phenoxy) is 2. The molecule has 3 rings (SSSR count). The third-order valence-electron chi connectivity index (χ3n) is 4.86. The molecule has 0 saturated heterocycles. The first-order chi connectivity index (χ1) is 13.9. The fourth-order valence-electron chi connectivity index (χ4n) is 3.29. The molecule has 1 aliphatic carbocycles. The Balaban J connectivity index is 1.67. The summed E-state index contributed by atoms with van der Waals surface area (Å²) < 4.78 is 37.5. The fourth-order valence-corrected chi connectivity index (χ4v) is 4.44. The van der Waals surface area contributed by atoms with Gasteiger partial charge in [0.15, 0.2) is 11.5 Å². The molecule has 8 heteroatoms. The maximum Gasteiger partial charge on any atom is 0.243 e. The van der Waals surface area contributed by atoms with E-state index in [-0.39, 0.29) is 17.5 Å². The Hall–Kier alpha value is -2.58. The van der Waals surface area contributed by atoms with Gasteiger partial charge in [-0.15, -0.1) is 0 Å². The summed E-state index contributed by atoms with van der Waals surface area (Å²) in [4.78, 5) is 12.6. The molecular formula is C21H26N2O5S. The zero-order chi connectivity index (χ0) is 20.9. The molecular weight excluding hydrogens is 392 g/mol. The van der Waals surface area contributed by atoms with E-state index in [1.165, 1.54) is 19.2 Å². The van der Waals surface area contributed by atoms with Gasteiger partial charge in [-0.1, -0.05) is 18.2 Å². The highest BCUT2D eigenvalue weighted by molar-refractivity contribution is 7.89. The van der Waals surface area contributed by atoms with Crippen LogP contribution in [0.25, 0.3) is 0 Å². The smallest absolute Gasteiger partial charge is 0.243 e. The Morgan fingerprint density at radius 1 is 1.10 bits per heavy atom. The highest BCUT2D eigenvalue weighted by Crippen LogP contribution is 2.33. The second-order valence-corrected chi connectivity index (χ2v) is 9.06. The lowest BCUT2D eigenvalue weighted by Gasteiger charge is -2.18. The van der Waals surface area contributed by atoms with Gasteiger partial charge in [-0.2, -0.15) is 4.31 Å². The molecule has 2 aromatic carbocycles. The number of methoxy groups -OCH3 is 1. The predicted molar refractivity (Wildman–Crippen MR) is 111 cm³/mol. The minimum Gasteiger partial charge on any atom is -0.493 e. The van der Waals surface area contributed by atoms with E-state index in [9.17, 15) is 13.2 Å². The van der Waals surface area contributed by atoms with Gasteiger partial charge in [0.2, 0.25) is 15.9 Å². The third kappa shape index (κ3) is 5.27. The van der Waals surface area contributed by atoms with Crippen LogP contribution in [0.15, 0.2) is 53.4 Å². The van der Waals surface area contributed by atoms with Gasteiger partial charge >= 0.3 is 0 Å². The first kappa shape index (κ1) is 21.1. The van der Waals surface area contributed by atoms with Crippen molar-refractivity contribution >= 4 is 21.6 Å². The van der Waals surface area contributed by atoms with Crippen molar-refractivity contribution in [2.75, 3.05) is 26.0 Å². The molecule has 0 heterocycles. The Kier molecular flexibility index (Phi) is 6.76. The summed E-state index contributed by atoms with van der Waals surface area (Å²) in [7, 11) is -0.786. The van der Waals surface area contributed by atoms with Crippen molar-refractivity contribution in [3.63, 3.8) is 0 Å². The topological polar surface area (TPSA) is 84.9 Å². The third-order valence-corrected chi connectivity index (χ3v) is 6.68. The summed E-state index contributed by atoms with van der Waals surface area (Å²) in [6, 6.07) is 13.2. The number of nitrogens with zero attached hydrogens (tertiary/aromatic N) is 1. The Morgan fingerprint density at radius 2 is 1.79 bits per heavy atom. The lowest BCUT2D eigenvalue weighted by Crippen LogP contribution is -2.34. The normalized spacial score (nSPS) is 14.7. The van der Waals surface area contributed by atoms with E-state index in [4.69, 9.17) is 9.47 Å². The van der Waals surface area contributed by atoms with Crippen LogP contribution in [0.2, 0.25) is 0 Å². The molecule has 1 saturated carbocycles. The highest BCUT2D eigenvalue weighted by atomic mass is 32.2. The number of anilines is 1. The number of benzene rings is 2. The average molecular weight is 419 g/mol. The van der Waals surface area contributed by atoms with Gasteiger partial charge in [-0.05, 0) is 49.9 Å². The average Bonchev–Trinajstić information content (AvgIpc) is 3.22. The number of nitrogens with one attached hydrogen (secondary N) is 1. The zero-order valence-corrected chi connectivity index (χ0v) is 17.4. The van der Waals surface area contributed by atoms with Gasteiger partial charge in [0.1, 0.15) is 0 Å². The van der Waals surface area contributed by atoms with Crippen molar-refractivity contribution in [1.82, 2.24) is 4.31 Å². The quantitative estimate of drug-likeness (QED) is 0.711. The van der Waals surface area contributed by atoms with E-state index in [1.54, 1.807) is 43.5 Å². The molecule has 29 heavy (non-hydrogen) atoms. The minimum atomic E-state index is -3.73. The van der Waals surface area contributed by atoms with Gasteiger partial charge in [0.05, 0.1) is 24.7 Å². The van der Waals surface area contributed by atoms with Crippen LogP contribution >= 0.6 is 0 Å². The van der Waals surface area contributed by atoms with E-state index in [2.05, 4.69) is 5.32 Å². The summed E-state index contributed by atoms with van der Waals surface area (Å²) in [5.74, 6) is 0.727. The van der Waals surface area contributed by atoms with E-state index in [0.717, 1.165) is 30.0 Å². The molecule has 156 valence electrons. The number of hydrogen-bond acceptors (Lipinski definition) is 5. The first-order valence-electron chi connectivity index (χ1n) is 9.56. The van der Waals surface area contributed by atoms with E-state index in [1.807, 2.05) is 0 Å². The van der Waals surface area contributed by atoms with Crippen LogP contribution in [0.1, 0.15) is 25.7 Å². The number of amides is 1. The molecule has 0 atom stereocenters. The lowest BCUT2D eigenvalue weighted by atomic mass is 10.2. The molecule has 1 fully saturated rings. The number of sulfonamides is 1. The predicted octanol–water partition coefficient (Wildman–Crippen LogP) is 3.28. The second kappa shape index (κ2) is 9.28. The number of likely N-dealkylation sites (N-methyl/N-ethyl adjacent to an activating group) is 1. The molecule has 0 spiro atoms. The van der Waals surface area contributed by atoms with Gasteiger partial charge in [-0.25, -0.2) is 8.42 Å². The lowest BCUT2D eigenvalue weighted by molar-refractivity contribution is -0.116. The zero-order valence-electron chi connectivity index (χ0n) is 16.6. The van der Waals surface area contributed by atoms with Gasteiger partial charge < -0.3 is 14.8 Å². The van der Waals surface area contributed by atoms with Crippen LogP contribution in [0.3, 0.4) is 0 Å². The summed E-state index contributed by atoms with van der Waals surface area (Å²) in [6.45, 7) is -0.303. The highest BCUT2D eigenvalue weighted by Gasteiger charge is 2.23.